The molecule has 7 heteroatoms. The second kappa shape index (κ2) is 8.79. The highest BCUT2D eigenvalue weighted by Crippen LogP contribution is 2.39. The minimum atomic E-state index is -0.129. The van der Waals surface area contributed by atoms with E-state index in [9.17, 15) is 4.79 Å². The number of hydrogen-bond donors (Lipinski definition) is 1. The summed E-state index contributed by atoms with van der Waals surface area (Å²) in [5.74, 6) is -0.129. The third-order valence-corrected chi connectivity index (χ3v) is 6.61. The largest absolute Gasteiger partial charge is 0.322 e. The van der Waals surface area contributed by atoms with Crippen LogP contribution in [0.4, 0.5) is 10.7 Å². The molecule has 0 saturated heterocycles. The Morgan fingerprint density at radius 2 is 2.07 bits per heavy atom. The van der Waals surface area contributed by atoms with Crippen LogP contribution in [-0.4, -0.2) is 30.6 Å². The lowest BCUT2D eigenvalue weighted by Crippen LogP contribution is -2.26. The van der Waals surface area contributed by atoms with E-state index in [1.54, 1.807) is 35.6 Å². The summed E-state index contributed by atoms with van der Waals surface area (Å²) >= 11 is 11.0. The molecule has 1 amide bonds. The number of halogens is 2. The molecule has 0 fully saturated rings. The molecule has 29 heavy (non-hydrogen) atoms. The number of amides is 1. The molecule has 0 radical (unpaired) electrons. The Bertz CT molecular complexity index is 1080. The third-order valence-electron chi connectivity index (χ3n) is 4.74. The highest BCUT2D eigenvalue weighted by Gasteiger charge is 2.26. The molecule has 4 nitrogen and oxygen atoms in total. The van der Waals surface area contributed by atoms with Crippen LogP contribution in [-0.2, 0) is 13.0 Å². The summed E-state index contributed by atoms with van der Waals surface area (Å²) < 4.78 is 0.995. The number of nitrogens with one attached hydrogen (secondary N) is 1. The van der Waals surface area contributed by atoms with Gasteiger partial charge in [-0.2, -0.15) is 0 Å². The van der Waals surface area contributed by atoms with Crippen LogP contribution in [0.1, 0.15) is 26.4 Å². The molecule has 1 aromatic heterocycles. The second-order valence-corrected chi connectivity index (χ2v) is 9.38. The first kappa shape index (κ1) is 20.3. The van der Waals surface area contributed by atoms with E-state index in [0.29, 0.717) is 16.3 Å². The summed E-state index contributed by atoms with van der Waals surface area (Å²) in [5, 5.41) is 4.38. The number of rotatable bonds is 4. The first-order valence-electron chi connectivity index (χ1n) is 9.19. The fourth-order valence-electron chi connectivity index (χ4n) is 3.29. The summed E-state index contributed by atoms with van der Waals surface area (Å²) in [6.45, 7) is 1.77. The van der Waals surface area contributed by atoms with E-state index >= 15 is 0 Å². The smallest absolute Gasteiger partial charge is 0.259 e. The van der Waals surface area contributed by atoms with Gasteiger partial charge in [0.25, 0.3) is 5.91 Å². The molecule has 4 rings (SSSR count). The van der Waals surface area contributed by atoms with Crippen molar-refractivity contribution in [3.05, 3.63) is 79.6 Å². The van der Waals surface area contributed by atoms with Gasteiger partial charge < -0.3 is 10.2 Å². The van der Waals surface area contributed by atoms with Crippen LogP contribution in [0.15, 0.2) is 58.0 Å². The standard InChI is InChI=1S/C22H19BrClN3OS/c1-27-10-9-18-19(13-27)29-22(25-12-14-3-2-4-15(23)11-14)20(18)21(28)26-17-7-5-16(24)6-8-17/h2-8,11-12H,9-10,13H2,1H3,(H,26,28). The number of likely N-dealkylation sites (N-methyl/N-ethyl adjacent to an activating group) is 1. The number of aliphatic imine (C=N–C) groups is 1. The van der Waals surface area contributed by atoms with E-state index in [-0.39, 0.29) is 5.91 Å². The van der Waals surface area contributed by atoms with Crippen LogP contribution in [0.3, 0.4) is 0 Å². The van der Waals surface area contributed by atoms with E-state index in [1.165, 1.54) is 4.88 Å². The Hall–Kier alpha value is -1.99. The van der Waals surface area contributed by atoms with Gasteiger partial charge in [-0.3, -0.25) is 4.79 Å². The van der Waals surface area contributed by atoms with Gasteiger partial charge in [0.2, 0.25) is 0 Å². The lowest BCUT2D eigenvalue weighted by molar-refractivity contribution is 0.102. The summed E-state index contributed by atoms with van der Waals surface area (Å²) in [5.41, 5.74) is 3.49. The molecule has 1 aliphatic heterocycles. The van der Waals surface area contributed by atoms with Crippen LogP contribution in [0.5, 0.6) is 0 Å². The average molecular weight is 489 g/mol. The van der Waals surface area contributed by atoms with Crippen LogP contribution in [0, 0.1) is 0 Å². The molecule has 1 N–H and O–H groups in total. The highest BCUT2D eigenvalue weighted by atomic mass is 79.9. The summed E-state index contributed by atoms with van der Waals surface area (Å²) in [4.78, 5) is 21.3. The number of fused-ring (bicyclic) bond motifs is 1. The fraction of sp³-hybridized carbons (Fsp3) is 0.182. The van der Waals surface area contributed by atoms with Crippen molar-refractivity contribution in [1.82, 2.24) is 4.90 Å². The summed E-state index contributed by atoms with van der Waals surface area (Å²) in [7, 11) is 2.10. The van der Waals surface area contributed by atoms with Gasteiger partial charge in [-0.25, -0.2) is 4.99 Å². The van der Waals surface area contributed by atoms with Crippen LogP contribution in [0.25, 0.3) is 0 Å². The molecule has 1 aliphatic rings. The minimum absolute atomic E-state index is 0.129. The Labute approximate surface area is 187 Å². The molecule has 2 aromatic carbocycles. The Morgan fingerprint density at radius 3 is 2.83 bits per heavy atom. The first-order chi connectivity index (χ1) is 14.0. The average Bonchev–Trinajstić information content (AvgIpc) is 3.05. The highest BCUT2D eigenvalue weighted by molar-refractivity contribution is 9.10. The zero-order valence-corrected chi connectivity index (χ0v) is 18.9. The van der Waals surface area contributed by atoms with Gasteiger partial charge in [-0.1, -0.05) is 39.7 Å². The van der Waals surface area contributed by atoms with E-state index in [0.717, 1.165) is 40.1 Å². The number of thiophene rings is 1. The van der Waals surface area contributed by atoms with Crippen molar-refractivity contribution < 1.29 is 4.79 Å². The maximum atomic E-state index is 13.2. The van der Waals surface area contributed by atoms with Crippen molar-refractivity contribution in [2.75, 3.05) is 18.9 Å². The lowest BCUT2D eigenvalue weighted by atomic mass is 10.0. The van der Waals surface area contributed by atoms with E-state index in [1.807, 2.05) is 30.5 Å². The van der Waals surface area contributed by atoms with Gasteiger partial charge in [-0.15, -0.1) is 11.3 Å². The van der Waals surface area contributed by atoms with Crippen molar-refractivity contribution in [2.45, 2.75) is 13.0 Å². The zero-order valence-electron chi connectivity index (χ0n) is 15.8. The van der Waals surface area contributed by atoms with Gasteiger partial charge in [0, 0.05) is 39.4 Å². The molecule has 0 bridgehead atoms. The molecular weight excluding hydrogens is 470 g/mol. The van der Waals surface area contributed by atoms with Gasteiger partial charge in [0.1, 0.15) is 5.00 Å². The quantitative estimate of drug-likeness (QED) is 0.447. The minimum Gasteiger partial charge on any atom is -0.322 e. The lowest BCUT2D eigenvalue weighted by Gasteiger charge is -2.22. The predicted molar refractivity (Wildman–Crippen MR) is 125 cm³/mol. The maximum absolute atomic E-state index is 13.2. The predicted octanol–water partition coefficient (Wildman–Crippen LogP) is 6.15. The number of nitrogens with zero attached hydrogens (tertiary/aromatic N) is 2. The Balaban J connectivity index is 1.68. The third kappa shape index (κ3) is 4.78. The number of anilines is 1. The summed E-state index contributed by atoms with van der Waals surface area (Å²) in [6, 6.07) is 15.1. The number of hydrogen-bond acceptors (Lipinski definition) is 4. The first-order valence-corrected chi connectivity index (χ1v) is 11.2. The Kier molecular flexibility index (Phi) is 6.15. The molecule has 2 heterocycles. The van der Waals surface area contributed by atoms with Crippen molar-refractivity contribution in [3.63, 3.8) is 0 Å². The molecule has 3 aromatic rings. The number of carbonyl (C=O) groups excluding carboxylic acids is 1. The van der Waals surface area contributed by atoms with Gasteiger partial charge >= 0.3 is 0 Å². The maximum Gasteiger partial charge on any atom is 0.259 e. The van der Waals surface area contributed by atoms with Crippen LogP contribution < -0.4 is 5.32 Å². The molecular formula is C22H19BrClN3OS. The normalized spacial score (nSPS) is 14.2. The zero-order chi connectivity index (χ0) is 20.4. The molecule has 0 atom stereocenters. The van der Waals surface area contributed by atoms with Crippen molar-refractivity contribution in [2.24, 2.45) is 4.99 Å². The molecule has 0 unspecified atom stereocenters. The monoisotopic (exact) mass is 487 g/mol. The van der Waals surface area contributed by atoms with Gasteiger partial charge in [0.15, 0.2) is 0 Å². The fourth-order valence-corrected chi connectivity index (χ4v) is 5.10. The van der Waals surface area contributed by atoms with E-state index in [4.69, 9.17) is 16.6 Å². The van der Waals surface area contributed by atoms with E-state index < -0.39 is 0 Å². The van der Waals surface area contributed by atoms with Crippen molar-refractivity contribution in [3.8, 4) is 0 Å². The van der Waals surface area contributed by atoms with E-state index in [2.05, 4.69) is 33.2 Å². The topological polar surface area (TPSA) is 44.7 Å². The van der Waals surface area contributed by atoms with Gasteiger partial charge in [0.05, 0.1) is 5.56 Å². The van der Waals surface area contributed by atoms with Crippen molar-refractivity contribution in [1.29, 1.82) is 0 Å². The van der Waals surface area contributed by atoms with Crippen LogP contribution >= 0.6 is 38.9 Å². The number of carbonyl (C=O) groups is 1. The molecule has 0 aliphatic carbocycles. The number of benzene rings is 2. The van der Waals surface area contributed by atoms with Crippen molar-refractivity contribution >= 4 is 61.7 Å². The second-order valence-electron chi connectivity index (χ2n) is 6.95. The molecule has 0 saturated carbocycles. The van der Waals surface area contributed by atoms with Crippen LogP contribution in [0.2, 0.25) is 5.02 Å². The SMILES string of the molecule is CN1CCc2c(sc(N=Cc3cccc(Br)c3)c2C(=O)Nc2ccc(Cl)cc2)C1. The van der Waals surface area contributed by atoms with Gasteiger partial charge in [-0.05, 0) is 61.0 Å². The molecule has 148 valence electrons. The Morgan fingerprint density at radius 1 is 1.28 bits per heavy atom. The molecule has 0 spiro atoms. The summed E-state index contributed by atoms with van der Waals surface area (Å²) in [6.07, 6.45) is 2.66.